The van der Waals surface area contributed by atoms with E-state index in [1.165, 1.54) is 0 Å². The summed E-state index contributed by atoms with van der Waals surface area (Å²) in [6, 6.07) is 5.37. The molecule has 5 heteroatoms. The fourth-order valence-corrected chi connectivity index (χ4v) is 2.23. The highest BCUT2D eigenvalue weighted by Gasteiger charge is 2.43. The number of aliphatic hydroxyl groups is 1. The quantitative estimate of drug-likeness (QED) is 0.839. The van der Waals surface area contributed by atoms with Gasteiger partial charge < -0.3 is 15.2 Å². The molecular weight excluding hydrogens is 266 g/mol. The number of hydrogen-bond acceptors (Lipinski definition) is 3. The minimum absolute atomic E-state index is 0.00734. The maximum atomic E-state index is 12.0. The van der Waals surface area contributed by atoms with Crippen molar-refractivity contribution >= 4 is 17.5 Å². The zero-order valence-electron chi connectivity index (χ0n) is 10.9. The Labute approximate surface area is 117 Å². The van der Waals surface area contributed by atoms with Crippen LogP contribution in [0.2, 0.25) is 5.02 Å². The number of carbonyl (C=O) groups is 1. The molecule has 1 aromatic rings. The van der Waals surface area contributed by atoms with Gasteiger partial charge in [-0.1, -0.05) is 23.7 Å². The Hall–Kier alpha value is -1.26. The second-order valence-corrected chi connectivity index (χ2v) is 5.23. The summed E-state index contributed by atoms with van der Waals surface area (Å²) in [4.78, 5) is 12.0. The number of aliphatic hydroxyl groups excluding tert-OH is 1. The molecule has 4 nitrogen and oxygen atoms in total. The normalized spacial score (nSPS) is 15.9. The minimum atomic E-state index is -0.387. The predicted octanol–water partition coefficient (Wildman–Crippen LogP) is 1.92. The summed E-state index contributed by atoms with van der Waals surface area (Å²) in [5, 5.41) is 12.6. The number of halogens is 1. The summed E-state index contributed by atoms with van der Waals surface area (Å²) >= 11 is 6.07. The monoisotopic (exact) mass is 283 g/mol. The van der Waals surface area contributed by atoms with Crippen LogP contribution in [0, 0.1) is 0 Å². The number of para-hydroxylation sites is 1. The number of benzene rings is 1. The third-order valence-corrected chi connectivity index (χ3v) is 3.55. The summed E-state index contributed by atoms with van der Waals surface area (Å²) in [6.07, 6.45) is 1.88. The maximum Gasteiger partial charge on any atom is 0.225 e. The van der Waals surface area contributed by atoms with E-state index in [1.54, 1.807) is 12.1 Å². The Balaban J connectivity index is 2.06. The van der Waals surface area contributed by atoms with E-state index in [0.717, 1.165) is 18.4 Å². The van der Waals surface area contributed by atoms with Crippen molar-refractivity contribution in [2.24, 2.45) is 0 Å². The van der Waals surface area contributed by atoms with Gasteiger partial charge in [0.2, 0.25) is 5.91 Å². The Morgan fingerprint density at radius 2 is 2.26 bits per heavy atom. The molecule has 1 aromatic carbocycles. The van der Waals surface area contributed by atoms with Crippen LogP contribution >= 0.6 is 11.6 Å². The largest absolute Gasteiger partial charge is 0.492 e. The summed E-state index contributed by atoms with van der Waals surface area (Å²) in [5.74, 6) is 0.449. The van der Waals surface area contributed by atoms with Gasteiger partial charge in [0.15, 0.2) is 0 Å². The molecular formula is C14H18ClNO3. The second kappa shape index (κ2) is 5.80. The lowest BCUT2D eigenvalue weighted by Crippen LogP contribution is -2.40. The van der Waals surface area contributed by atoms with Crippen LogP contribution in [0.5, 0.6) is 5.75 Å². The van der Waals surface area contributed by atoms with Crippen LogP contribution in [0.4, 0.5) is 0 Å². The molecule has 0 aromatic heterocycles. The summed E-state index contributed by atoms with van der Waals surface area (Å²) in [5.41, 5.74) is 0.377. The van der Waals surface area contributed by atoms with Crippen molar-refractivity contribution in [3.8, 4) is 5.75 Å². The summed E-state index contributed by atoms with van der Waals surface area (Å²) < 4.78 is 5.48. The maximum absolute atomic E-state index is 12.0. The molecule has 0 spiro atoms. The molecule has 2 N–H and O–H groups in total. The lowest BCUT2D eigenvalue weighted by atomic mass is 10.1. The fraction of sp³-hybridized carbons (Fsp3) is 0.500. The molecule has 19 heavy (non-hydrogen) atoms. The van der Waals surface area contributed by atoms with Crippen LogP contribution in [-0.4, -0.2) is 29.8 Å². The van der Waals surface area contributed by atoms with Crippen LogP contribution < -0.4 is 10.1 Å². The molecule has 0 saturated heterocycles. The molecule has 1 aliphatic rings. The van der Waals surface area contributed by atoms with Crippen molar-refractivity contribution in [2.75, 3.05) is 13.2 Å². The predicted molar refractivity (Wildman–Crippen MR) is 73.5 cm³/mol. The van der Waals surface area contributed by atoms with Gasteiger partial charge in [-0.25, -0.2) is 0 Å². The van der Waals surface area contributed by atoms with Gasteiger partial charge in [-0.05, 0) is 25.8 Å². The third kappa shape index (κ3) is 3.39. The Kier molecular flexibility index (Phi) is 4.32. The van der Waals surface area contributed by atoms with Gasteiger partial charge in [0.25, 0.3) is 0 Å². The van der Waals surface area contributed by atoms with Gasteiger partial charge in [0, 0.05) is 5.56 Å². The zero-order chi connectivity index (χ0) is 13.9. The van der Waals surface area contributed by atoms with E-state index in [0.29, 0.717) is 17.4 Å². The first-order valence-corrected chi connectivity index (χ1v) is 6.80. The number of nitrogens with one attached hydrogen (secondary N) is 1. The van der Waals surface area contributed by atoms with E-state index in [1.807, 2.05) is 13.0 Å². The standard InChI is InChI=1S/C14H18ClNO3/c1-2-19-13-10(4-3-5-11(13)15)8-12(18)16-14(9-17)6-7-14/h3-5,17H,2,6-9H2,1H3,(H,16,18). The first kappa shape index (κ1) is 14.2. The number of hydrogen-bond donors (Lipinski definition) is 2. The van der Waals surface area contributed by atoms with Gasteiger partial charge in [0.05, 0.1) is 30.2 Å². The molecule has 1 fully saturated rings. The zero-order valence-corrected chi connectivity index (χ0v) is 11.7. The Morgan fingerprint density at radius 3 is 2.84 bits per heavy atom. The van der Waals surface area contributed by atoms with Gasteiger partial charge in [0.1, 0.15) is 5.75 Å². The molecule has 1 saturated carbocycles. The number of ether oxygens (including phenoxy) is 1. The average Bonchev–Trinajstić information content (AvgIpc) is 3.14. The minimum Gasteiger partial charge on any atom is -0.492 e. The van der Waals surface area contributed by atoms with Gasteiger partial charge in [-0.3, -0.25) is 4.79 Å². The Bertz CT molecular complexity index is 472. The molecule has 0 radical (unpaired) electrons. The smallest absolute Gasteiger partial charge is 0.225 e. The van der Waals surface area contributed by atoms with Gasteiger partial charge in [-0.15, -0.1) is 0 Å². The number of rotatable bonds is 6. The highest BCUT2D eigenvalue weighted by atomic mass is 35.5. The van der Waals surface area contributed by atoms with Crippen molar-refractivity contribution < 1.29 is 14.6 Å². The van der Waals surface area contributed by atoms with E-state index in [-0.39, 0.29) is 24.5 Å². The molecule has 0 atom stereocenters. The van der Waals surface area contributed by atoms with Crippen molar-refractivity contribution in [1.82, 2.24) is 5.32 Å². The molecule has 0 aliphatic heterocycles. The van der Waals surface area contributed by atoms with E-state index < -0.39 is 0 Å². The molecule has 0 bridgehead atoms. The SMILES string of the molecule is CCOc1c(Cl)cccc1CC(=O)NC1(CO)CC1. The highest BCUT2D eigenvalue weighted by molar-refractivity contribution is 6.32. The van der Waals surface area contributed by atoms with Crippen molar-refractivity contribution in [3.05, 3.63) is 28.8 Å². The highest BCUT2D eigenvalue weighted by Crippen LogP contribution is 2.35. The first-order valence-electron chi connectivity index (χ1n) is 6.42. The van der Waals surface area contributed by atoms with E-state index in [2.05, 4.69) is 5.32 Å². The third-order valence-electron chi connectivity index (χ3n) is 3.25. The van der Waals surface area contributed by atoms with E-state index in [4.69, 9.17) is 16.3 Å². The number of carbonyl (C=O) groups excluding carboxylic acids is 1. The van der Waals surface area contributed by atoms with Crippen molar-refractivity contribution in [1.29, 1.82) is 0 Å². The molecule has 1 amide bonds. The van der Waals surface area contributed by atoms with Crippen molar-refractivity contribution in [3.63, 3.8) is 0 Å². The summed E-state index contributed by atoms with van der Waals surface area (Å²) in [7, 11) is 0. The molecule has 2 rings (SSSR count). The van der Waals surface area contributed by atoms with E-state index in [9.17, 15) is 9.90 Å². The Morgan fingerprint density at radius 1 is 1.53 bits per heavy atom. The topological polar surface area (TPSA) is 58.6 Å². The molecule has 104 valence electrons. The summed E-state index contributed by atoms with van der Waals surface area (Å²) in [6.45, 7) is 2.36. The van der Waals surface area contributed by atoms with E-state index >= 15 is 0 Å². The number of amides is 1. The first-order chi connectivity index (χ1) is 9.10. The van der Waals surface area contributed by atoms with Crippen molar-refractivity contribution in [2.45, 2.75) is 31.7 Å². The van der Waals surface area contributed by atoms with Crippen LogP contribution in [0.25, 0.3) is 0 Å². The molecule has 1 aliphatic carbocycles. The van der Waals surface area contributed by atoms with Crippen LogP contribution in [0.3, 0.4) is 0 Å². The van der Waals surface area contributed by atoms with Gasteiger partial charge >= 0.3 is 0 Å². The van der Waals surface area contributed by atoms with Crippen LogP contribution in [0.15, 0.2) is 18.2 Å². The molecule has 0 unspecified atom stereocenters. The fourth-order valence-electron chi connectivity index (χ4n) is 1.99. The average molecular weight is 284 g/mol. The molecule has 0 heterocycles. The van der Waals surface area contributed by atoms with Crippen LogP contribution in [0.1, 0.15) is 25.3 Å². The van der Waals surface area contributed by atoms with Gasteiger partial charge in [-0.2, -0.15) is 0 Å². The lowest BCUT2D eigenvalue weighted by molar-refractivity contribution is -0.121. The van der Waals surface area contributed by atoms with Crippen LogP contribution in [-0.2, 0) is 11.2 Å². The lowest BCUT2D eigenvalue weighted by Gasteiger charge is -2.16. The second-order valence-electron chi connectivity index (χ2n) is 4.82.